The van der Waals surface area contributed by atoms with Crippen LogP contribution in [0.4, 0.5) is 0 Å². The highest BCUT2D eigenvalue weighted by molar-refractivity contribution is 6.64. The van der Waals surface area contributed by atoms with E-state index in [1.807, 2.05) is 62.4 Å². The number of aliphatic hydroxyl groups excluding tert-OH is 1. The SMILES string of the molecule is C.CCOCCO.CCOCCOC(=O)[C@@H]1C[C@H]1c1ccccc1.O=C(Cl)[C@@H]1C[C@H]1c1ccccc1. The first-order valence-corrected chi connectivity index (χ1v) is 12.6. The van der Waals surface area contributed by atoms with Gasteiger partial charge in [0.25, 0.3) is 0 Å². The Bertz CT molecular complexity index is 857. The van der Waals surface area contributed by atoms with Gasteiger partial charge in [0.05, 0.1) is 25.7 Å². The van der Waals surface area contributed by atoms with Crippen molar-refractivity contribution in [2.45, 2.75) is 46.0 Å². The molecule has 0 aliphatic heterocycles. The summed E-state index contributed by atoms with van der Waals surface area (Å²) in [6.45, 7) is 6.64. The van der Waals surface area contributed by atoms with Crippen molar-refractivity contribution in [3.05, 3.63) is 71.8 Å². The zero-order valence-corrected chi connectivity index (χ0v) is 21.4. The number of ether oxygens (including phenoxy) is 3. The van der Waals surface area contributed by atoms with Gasteiger partial charge in [0.1, 0.15) is 6.61 Å². The Kier molecular flexibility index (Phi) is 15.9. The summed E-state index contributed by atoms with van der Waals surface area (Å²) in [4.78, 5) is 22.4. The first kappa shape index (κ1) is 31.8. The van der Waals surface area contributed by atoms with E-state index in [1.54, 1.807) is 0 Å². The van der Waals surface area contributed by atoms with Gasteiger partial charge in [-0.1, -0.05) is 68.1 Å². The fourth-order valence-electron chi connectivity index (χ4n) is 3.70. The number of hydrogen-bond acceptors (Lipinski definition) is 6. The molecule has 36 heavy (non-hydrogen) atoms. The van der Waals surface area contributed by atoms with Crippen LogP contribution in [0.3, 0.4) is 0 Å². The molecule has 0 spiro atoms. The minimum atomic E-state index is -0.191. The normalized spacial score (nSPS) is 20.9. The van der Waals surface area contributed by atoms with E-state index >= 15 is 0 Å². The van der Waals surface area contributed by atoms with Gasteiger partial charge in [0.2, 0.25) is 5.24 Å². The van der Waals surface area contributed by atoms with Gasteiger partial charge in [-0.25, -0.2) is 0 Å². The average Bonchev–Trinajstić information content (AvgIpc) is 3.81. The van der Waals surface area contributed by atoms with E-state index in [2.05, 4.69) is 12.1 Å². The van der Waals surface area contributed by atoms with Gasteiger partial charge in [-0.3, -0.25) is 9.59 Å². The van der Waals surface area contributed by atoms with Gasteiger partial charge < -0.3 is 19.3 Å². The lowest BCUT2D eigenvalue weighted by atomic mass is 10.1. The average molecular weight is 521 g/mol. The number of rotatable bonds is 11. The Hall–Kier alpha value is -2.25. The summed E-state index contributed by atoms with van der Waals surface area (Å²) >= 11 is 5.38. The standard InChI is InChI=1S/C14H18O3.C10H9ClO.C4H10O2.CH4/c1-2-16-8-9-17-14(15)13-10-12(13)11-6-4-3-5-7-11;11-10(12)9-6-8(9)7-4-2-1-3-5-7;1-2-6-4-3-5;/h3-7,12-13H,2,8-10H2,1H3;1-5,8-9H,6H2;5H,2-4H2,1H3;1H4/t12-,13+;8-,9+;;/m00../s1. The van der Waals surface area contributed by atoms with Crippen molar-refractivity contribution >= 4 is 22.8 Å². The number of aliphatic hydroxyl groups is 1. The summed E-state index contributed by atoms with van der Waals surface area (Å²) in [5.74, 6) is 0.790. The maximum absolute atomic E-state index is 11.7. The van der Waals surface area contributed by atoms with E-state index in [9.17, 15) is 9.59 Å². The second-order valence-corrected chi connectivity index (χ2v) is 8.68. The minimum absolute atomic E-state index is 0. The van der Waals surface area contributed by atoms with Gasteiger partial charge >= 0.3 is 5.97 Å². The maximum Gasteiger partial charge on any atom is 0.309 e. The summed E-state index contributed by atoms with van der Waals surface area (Å²) in [6, 6.07) is 20.2. The van der Waals surface area contributed by atoms with Crippen LogP contribution in [0.2, 0.25) is 0 Å². The van der Waals surface area contributed by atoms with Crippen LogP contribution in [0.15, 0.2) is 60.7 Å². The van der Waals surface area contributed by atoms with Crippen molar-refractivity contribution in [1.82, 2.24) is 0 Å². The first-order valence-electron chi connectivity index (χ1n) is 12.3. The van der Waals surface area contributed by atoms with Gasteiger partial charge in [-0.15, -0.1) is 0 Å². The van der Waals surface area contributed by atoms with Crippen molar-refractivity contribution in [1.29, 1.82) is 0 Å². The molecule has 2 saturated carbocycles. The number of halogens is 1. The van der Waals surface area contributed by atoms with Crippen LogP contribution in [0, 0.1) is 11.8 Å². The third-order valence-corrected chi connectivity index (χ3v) is 6.03. The minimum Gasteiger partial charge on any atom is -0.463 e. The summed E-state index contributed by atoms with van der Waals surface area (Å²) < 4.78 is 15.0. The predicted molar refractivity (Wildman–Crippen MR) is 143 cm³/mol. The molecule has 0 amide bonds. The zero-order valence-electron chi connectivity index (χ0n) is 20.6. The molecule has 0 unspecified atom stereocenters. The van der Waals surface area contributed by atoms with E-state index in [0.717, 1.165) is 12.8 Å². The number of benzene rings is 2. The van der Waals surface area contributed by atoms with Crippen molar-refractivity contribution in [3.63, 3.8) is 0 Å². The van der Waals surface area contributed by atoms with Gasteiger partial charge in [-0.05, 0) is 61.3 Å². The lowest BCUT2D eigenvalue weighted by molar-refractivity contribution is -0.146. The second-order valence-electron chi connectivity index (χ2n) is 8.31. The predicted octanol–water partition coefficient (Wildman–Crippen LogP) is 5.58. The van der Waals surface area contributed by atoms with Gasteiger partial charge in [-0.2, -0.15) is 0 Å². The van der Waals surface area contributed by atoms with E-state index in [0.29, 0.717) is 44.9 Å². The number of carbonyl (C=O) groups is 2. The molecule has 0 aromatic heterocycles. The lowest BCUT2D eigenvalue weighted by Gasteiger charge is -2.04. The number of esters is 1. The maximum atomic E-state index is 11.7. The molecule has 2 aliphatic rings. The van der Waals surface area contributed by atoms with Gasteiger partial charge in [0, 0.05) is 19.1 Å². The lowest BCUT2D eigenvalue weighted by Crippen LogP contribution is -2.12. The third kappa shape index (κ3) is 11.7. The molecular weight excluding hydrogens is 480 g/mol. The Balaban J connectivity index is 0.000000298. The molecule has 0 radical (unpaired) electrons. The summed E-state index contributed by atoms with van der Waals surface area (Å²) in [7, 11) is 0. The van der Waals surface area contributed by atoms with Crippen LogP contribution in [0.25, 0.3) is 0 Å². The molecule has 2 aromatic carbocycles. The molecule has 2 aromatic rings. The first-order chi connectivity index (χ1) is 17.0. The molecular formula is C29H41ClO6. The smallest absolute Gasteiger partial charge is 0.309 e. The van der Waals surface area contributed by atoms with Crippen LogP contribution in [-0.2, 0) is 23.8 Å². The van der Waals surface area contributed by atoms with E-state index in [1.165, 1.54) is 11.1 Å². The molecule has 4 atom stereocenters. The van der Waals surface area contributed by atoms with Crippen molar-refractivity contribution < 1.29 is 28.9 Å². The van der Waals surface area contributed by atoms with Crippen molar-refractivity contribution in [2.75, 3.05) is 39.6 Å². The highest BCUT2D eigenvalue weighted by Gasteiger charge is 2.45. The molecule has 2 aliphatic carbocycles. The van der Waals surface area contributed by atoms with Crippen LogP contribution in [-0.4, -0.2) is 56.0 Å². The highest BCUT2D eigenvalue weighted by atomic mass is 35.5. The second kappa shape index (κ2) is 18.1. The molecule has 4 rings (SSSR count). The van der Waals surface area contributed by atoms with Crippen LogP contribution in [0.5, 0.6) is 0 Å². The topological polar surface area (TPSA) is 82.1 Å². The Morgan fingerprint density at radius 1 is 0.806 bits per heavy atom. The Morgan fingerprint density at radius 3 is 1.69 bits per heavy atom. The molecule has 200 valence electrons. The third-order valence-electron chi connectivity index (χ3n) is 5.75. The van der Waals surface area contributed by atoms with Crippen LogP contribution < -0.4 is 0 Å². The van der Waals surface area contributed by atoms with Gasteiger partial charge in [0.15, 0.2) is 0 Å². The molecule has 0 bridgehead atoms. The summed E-state index contributed by atoms with van der Waals surface area (Å²) in [6.07, 6.45) is 1.84. The summed E-state index contributed by atoms with van der Waals surface area (Å²) in [5.41, 5.74) is 2.47. The highest BCUT2D eigenvalue weighted by Crippen LogP contribution is 2.49. The molecule has 1 N–H and O–H groups in total. The largest absolute Gasteiger partial charge is 0.463 e. The molecule has 7 heteroatoms. The van der Waals surface area contributed by atoms with Crippen LogP contribution >= 0.6 is 11.6 Å². The quantitative estimate of drug-likeness (QED) is 0.237. The molecule has 0 heterocycles. The fraction of sp³-hybridized carbons (Fsp3) is 0.517. The monoisotopic (exact) mass is 520 g/mol. The van der Waals surface area contributed by atoms with E-state index in [4.69, 9.17) is 30.9 Å². The fourth-order valence-corrected chi connectivity index (χ4v) is 3.94. The Morgan fingerprint density at radius 2 is 1.28 bits per heavy atom. The van der Waals surface area contributed by atoms with Crippen LogP contribution in [0.1, 0.15) is 57.1 Å². The zero-order chi connectivity index (χ0) is 25.5. The molecule has 0 saturated heterocycles. The van der Waals surface area contributed by atoms with Crippen molar-refractivity contribution in [3.8, 4) is 0 Å². The van der Waals surface area contributed by atoms with E-state index in [-0.39, 0.29) is 37.1 Å². The summed E-state index contributed by atoms with van der Waals surface area (Å²) in [5, 5.41) is 7.88. The Labute approximate surface area is 220 Å². The number of hydrogen-bond donors (Lipinski definition) is 1. The molecule has 6 nitrogen and oxygen atoms in total. The molecule has 2 fully saturated rings. The van der Waals surface area contributed by atoms with Crippen molar-refractivity contribution in [2.24, 2.45) is 11.8 Å². The number of carbonyl (C=O) groups excluding carboxylic acids is 2. The van der Waals surface area contributed by atoms with E-state index < -0.39 is 0 Å².